The number of fused-ring (bicyclic) bond motifs is 5. The molecule has 5 heteroatoms. The molecular weight excluding hydrogens is 252 g/mol. The molecule has 20 heavy (non-hydrogen) atoms. The molecule has 0 radical (unpaired) electrons. The average molecular weight is 268 g/mol. The molecule has 0 bridgehead atoms. The molecule has 1 atom stereocenters. The van der Waals surface area contributed by atoms with Crippen molar-refractivity contribution in [1.82, 2.24) is 14.5 Å². The SMILES string of the molecule is NC[C@H]1COCCc2nc3cnc4ccccc4c3n21. The zero-order chi connectivity index (χ0) is 13.5. The zero-order valence-corrected chi connectivity index (χ0v) is 11.1. The Bertz CT molecular complexity index is 780. The Balaban J connectivity index is 2.11. The number of hydrogen-bond donors (Lipinski definition) is 1. The van der Waals surface area contributed by atoms with E-state index in [2.05, 4.69) is 15.6 Å². The molecule has 3 heterocycles. The van der Waals surface area contributed by atoms with E-state index in [1.54, 1.807) is 0 Å². The number of para-hydroxylation sites is 1. The van der Waals surface area contributed by atoms with E-state index in [0.717, 1.165) is 34.2 Å². The Labute approximate surface area is 116 Å². The highest BCUT2D eigenvalue weighted by atomic mass is 16.5. The maximum absolute atomic E-state index is 5.94. The van der Waals surface area contributed by atoms with Gasteiger partial charge in [0.1, 0.15) is 11.3 Å². The highest BCUT2D eigenvalue weighted by Crippen LogP contribution is 2.29. The minimum atomic E-state index is 0.142. The van der Waals surface area contributed by atoms with Crippen molar-refractivity contribution in [2.45, 2.75) is 12.5 Å². The fraction of sp³-hybridized carbons (Fsp3) is 0.333. The van der Waals surface area contributed by atoms with Gasteiger partial charge in [-0.05, 0) is 6.07 Å². The van der Waals surface area contributed by atoms with Crippen LogP contribution in [-0.4, -0.2) is 34.3 Å². The maximum atomic E-state index is 5.94. The summed E-state index contributed by atoms with van der Waals surface area (Å²) < 4.78 is 7.90. The molecule has 5 nitrogen and oxygen atoms in total. The van der Waals surface area contributed by atoms with E-state index < -0.39 is 0 Å². The van der Waals surface area contributed by atoms with Crippen molar-refractivity contribution in [3.63, 3.8) is 0 Å². The van der Waals surface area contributed by atoms with Crippen LogP contribution in [-0.2, 0) is 11.2 Å². The number of aromatic nitrogens is 3. The normalized spacial score (nSPS) is 19.1. The van der Waals surface area contributed by atoms with E-state index in [-0.39, 0.29) is 6.04 Å². The fourth-order valence-corrected chi connectivity index (χ4v) is 2.97. The minimum Gasteiger partial charge on any atom is -0.379 e. The topological polar surface area (TPSA) is 66.0 Å². The lowest BCUT2D eigenvalue weighted by atomic mass is 10.2. The van der Waals surface area contributed by atoms with Crippen molar-refractivity contribution in [3.05, 3.63) is 36.3 Å². The lowest BCUT2D eigenvalue weighted by Gasteiger charge is -2.17. The molecule has 2 aromatic heterocycles. The molecule has 0 spiro atoms. The van der Waals surface area contributed by atoms with Gasteiger partial charge in [-0.3, -0.25) is 4.98 Å². The Hall–Kier alpha value is -1.98. The predicted octanol–water partition coefficient (Wildman–Crippen LogP) is 1.66. The number of benzene rings is 1. The van der Waals surface area contributed by atoms with E-state index in [9.17, 15) is 0 Å². The first-order valence-electron chi connectivity index (χ1n) is 6.91. The van der Waals surface area contributed by atoms with Crippen LogP contribution in [0.2, 0.25) is 0 Å². The van der Waals surface area contributed by atoms with Gasteiger partial charge in [0.2, 0.25) is 0 Å². The minimum absolute atomic E-state index is 0.142. The second-order valence-corrected chi connectivity index (χ2v) is 5.12. The molecule has 0 unspecified atom stereocenters. The van der Waals surface area contributed by atoms with Crippen molar-refractivity contribution in [3.8, 4) is 0 Å². The van der Waals surface area contributed by atoms with E-state index in [1.807, 2.05) is 24.4 Å². The van der Waals surface area contributed by atoms with E-state index in [1.165, 1.54) is 0 Å². The number of nitrogens with zero attached hydrogens (tertiary/aromatic N) is 3. The van der Waals surface area contributed by atoms with Gasteiger partial charge in [-0.2, -0.15) is 0 Å². The van der Waals surface area contributed by atoms with Crippen LogP contribution in [0.1, 0.15) is 11.9 Å². The van der Waals surface area contributed by atoms with Gasteiger partial charge in [-0.25, -0.2) is 4.98 Å². The fourth-order valence-electron chi connectivity index (χ4n) is 2.97. The molecule has 1 aromatic carbocycles. The molecule has 2 N–H and O–H groups in total. The molecule has 0 saturated heterocycles. The van der Waals surface area contributed by atoms with Crippen LogP contribution in [0.4, 0.5) is 0 Å². The Morgan fingerprint density at radius 3 is 3.10 bits per heavy atom. The third kappa shape index (κ3) is 1.63. The summed E-state index contributed by atoms with van der Waals surface area (Å²) >= 11 is 0. The Kier molecular flexibility index (Phi) is 2.68. The monoisotopic (exact) mass is 268 g/mol. The van der Waals surface area contributed by atoms with Gasteiger partial charge in [0.25, 0.3) is 0 Å². The quantitative estimate of drug-likeness (QED) is 0.729. The summed E-state index contributed by atoms with van der Waals surface area (Å²) in [5, 5.41) is 1.13. The zero-order valence-electron chi connectivity index (χ0n) is 11.1. The summed E-state index contributed by atoms with van der Waals surface area (Å²) in [6, 6.07) is 8.31. The van der Waals surface area contributed by atoms with Gasteiger partial charge in [-0.1, -0.05) is 18.2 Å². The van der Waals surface area contributed by atoms with E-state index in [4.69, 9.17) is 15.5 Å². The molecule has 0 amide bonds. The molecule has 3 aromatic rings. The van der Waals surface area contributed by atoms with Gasteiger partial charge in [0.15, 0.2) is 0 Å². The van der Waals surface area contributed by atoms with Crippen molar-refractivity contribution < 1.29 is 4.74 Å². The van der Waals surface area contributed by atoms with E-state index >= 15 is 0 Å². The number of nitrogens with two attached hydrogens (primary N) is 1. The molecule has 102 valence electrons. The van der Waals surface area contributed by atoms with Crippen LogP contribution in [0, 0.1) is 0 Å². The van der Waals surface area contributed by atoms with E-state index in [0.29, 0.717) is 19.8 Å². The third-order valence-corrected chi connectivity index (χ3v) is 3.91. The van der Waals surface area contributed by atoms with Crippen molar-refractivity contribution in [2.24, 2.45) is 5.73 Å². The van der Waals surface area contributed by atoms with Crippen LogP contribution in [0.3, 0.4) is 0 Å². The van der Waals surface area contributed by atoms with Crippen LogP contribution in [0.5, 0.6) is 0 Å². The first kappa shape index (κ1) is 11.8. The van der Waals surface area contributed by atoms with Crippen LogP contribution in [0.25, 0.3) is 21.9 Å². The van der Waals surface area contributed by atoms with Gasteiger partial charge < -0.3 is 15.0 Å². The molecule has 0 saturated carbocycles. The molecule has 4 rings (SSSR count). The third-order valence-electron chi connectivity index (χ3n) is 3.91. The lowest BCUT2D eigenvalue weighted by molar-refractivity contribution is 0.121. The smallest absolute Gasteiger partial charge is 0.112 e. The van der Waals surface area contributed by atoms with Crippen LogP contribution >= 0.6 is 0 Å². The standard InChI is InChI=1S/C15H16N4O/c16-7-10-9-20-6-5-14-18-13-8-17-12-4-2-1-3-11(12)15(13)19(10)14/h1-4,8,10H,5-7,9,16H2/t10-/m0/s1. The Morgan fingerprint density at radius 1 is 1.30 bits per heavy atom. The highest BCUT2D eigenvalue weighted by Gasteiger charge is 2.22. The maximum Gasteiger partial charge on any atom is 0.112 e. The first-order chi connectivity index (χ1) is 9.88. The number of rotatable bonds is 1. The summed E-state index contributed by atoms with van der Waals surface area (Å²) in [5.41, 5.74) is 9.00. The number of ether oxygens (including phenoxy) is 1. The molecular formula is C15H16N4O. The molecule has 1 aliphatic heterocycles. The first-order valence-corrected chi connectivity index (χ1v) is 6.91. The van der Waals surface area contributed by atoms with Gasteiger partial charge in [0, 0.05) is 18.4 Å². The average Bonchev–Trinajstić information content (AvgIpc) is 2.75. The van der Waals surface area contributed by atoms with Crippen LogP contribution in [0.15, 0.2) is 30.5 Å². The molecule has 0 fully saturated rings. The summed E-state index contributed by atoms with van der Waals surface area (Å²) in [5.74, 6) is 1.05. The summed E-state index contributed by atoms with van der Waals surface area (Å²) in [7, 11) is 0. The summed E-state index contributed by atoms with van der Waals surface area (Å²) in [6.45, 7) is 1.89. The summed E-state index contributed by atoms with van der Waals surface area (Å²) in [6.07, 6.45) is 2.67. The second kappa shape index (κ2) is 4.54. The van der Waals surface area contributed by atoms with Crippen molar-refractivity contribution in [2.75, 3.05) is 19.8 Å². The molecule has 1 aliphatic rings. The Morgan fingerprint density at radius 2 is 2.20 bits per heavy atom. The second-order valence-electron chi connectivity index (χ2n) is 5.12. The predicted molar refractivity (Wildman–Crippen MR) is 77.6 cm³/mol. The van der Waals surface area contributed by atoms with Crippen molar-refractivity contribution >= 4 is 21.9 Å². The van der Waals surface area contributed by atoms with Crippen LogP contribution < -0.4 is 5.73 Å². The summed E-state index contributed by atoms with van der Waals surface area (Å²) in [4.78, 5) is 9.22. The molecule has 0 aliphatic carbocycles. The van der Waals surface area contributed by atoms with Gasteiger partial charge >= 0.3 is 0 Å². The van der Waals surface area contributed by atoms with Crippen molar-refractivity contribution in [1.29, 1.82) is 0 Å². The number of imidazole rings is 1. The lowest BCUT2D eigenvalue weighted by Crippen LogP contribution is -2.23. The largest absolute Gasteiger partial charge is 0.379 e. The van der Waals surface area contributed by atoms with Gasteiger partial charge in [0.05, 0.1) is 36.5 Å². The van der Waals surface area contributed by atoms with Gasteiger partial charge in [-0.15, -0.1) is 0 Å². The highest BCUT2D eigenvalue weighted by molar-refractivity contribution is 6.02. The number of pyridine rings is 1. The number of hydrogen-bond acceptors (Lipinski definition) is 4.